The smallest absolute Gasteiger partial charge is 0.301 e. The molecule has 1 aromatic heterocycles. The van der Waals surface area contributed by atoms with Crippen molar-refractivity contribution in [3.05, 3.63) is 36.3 Å². The minimum atomic E-state index is -3.46. The summed E-state index contributed by atoms with van der Waals surface area (Å²) in [4.78, 5) is 7.22. The zero-order chi connectivity index (χ0) is 14.0. The first-order valence-electron chi connectivity index (χ1n) is 5.71. The van der Waals surface area contributed by atoms with Gasteiger partial charge in [-0.15, -0.1) is 0 Å². The normalized spacial score (nSPS) is 11.8. The number of rotatable bonds is 4. The molecule has 0 unspecified atom stereocenters. The number of H-pyrrole nitrogens is 1. The average Bonchev–Trinajstić information content (AvgIpc) is 2.76. The second kappa shape index (κ2) is 5.02. The van der Waals surface area contributed by atoms with Crippen molar-refractivity contribution in [2.24, 2.45) is 0 Å². The summed E-state index contributed by atoms with van der Waals surface area (Å²) in [6, 6.07) is 7.09. The number of hydrogen-bond donors (Lipinski definition) is 2. The molecule has 0 amide bonds. The summed E-state index contributed by atoms with van der Waals surface area (Å²) in [6.45, 7) is 1.94. The highest BCUT2D eigenvalue weighted by atomic mass is 32.2. The lowest BCUT2D eigenvalue weighted by molar-refractivity contribution is 0.527. The predicted octanol–water partition coefficient (Wildman–Crippen LogP) is 1.60. The van der Waals surface area contributed by atoms with Crippen LogP contribution >= 0.6 is 0 Å². The van der Waals surface area contributed by atoms with Gasteiger partial charge in [-0.1, -0.05) is 12.1 Å². The lowest BCUT2D eigenvalue weighted by atomic mass is 10.1. The van der Waals surface area contributed by atoms with Crippen molar-refractivity contribution in [2.45, 2.75) is 6.92 Å². The van der Waals surface area contributed by atoms with Crippen molar-refractivity contribution in [1.82, 2.24) is 14.3 Å². The molecule has 2 N–H and O–H groups in total. The Labute approximate surface area is 112 Å². The van der Waals surface area contributed by atoms with E-state index < -0.39 is 10.2 Å². The third kappa shape index (κ3) is 2.94. The lowest BCUT2D eigenvalue weighted by Crippen LogP contribution is -2.28. The molecular weight excluding hydrogens is 264 g/mol. The highest BCUT2D eigenvalue weighted by Gasteiger charge is 2.13. The summed E-state index contributed by atoms with van der Waals surface area (Å²) in [7, 11) is -0.513. The van der Waals surface area contributed by atoms with Gasteiger partial charge in [-0.3, -0.25) is 4.72 Å². The lowest BCUT2D eigenvalue weighted by Gasteiger charge is -2.13. The summed E-state index contributed by atoms with van der Waals surface area (Å²) >= 11 is 0. The van der Waals surface area contributed by atoms with Crippen LogP contribution in [0.1, 0.15) is 5.69 Å². The van der Waals surface area contributed by atoms with Crippen molar-refractivity contribution in [3.63, 3.8) is 0 Å². The van der Waals surface area contributed by atoms with Gasteiger partial charge in [0.05, 0.1) is 12.0 Å². The molecule has 0 saturated carbocycles. The topological polar surface area (TPSA) is 78.1 Å². The number of aromatic amines is 1. The molecule has 0 radical (unpaired) electrons. The van der Waals surface area contributed by atoms with Crippen LogP contribution in [0.3, 0.4) is 0 Å². The summed E-state index contributed by atoms with van der Waals surface area (Å²) in [5.41, 5.74) is 3.29. The number of benzene rings is 1. The molecule has 0 aliphatic rings. The van der Waals surface area contributed by atoms with E-state index in [-0.39, 0.29) is 0 Å². The molecule has 0 aliphatic heterocycles. The molecule has 19 heavy (non-hydrogen) atoms. The van der Waals surface area contributed by atoms with Crippen LogP contribution in [0.5, 0.6) is 0 Å². The number of hydrogen-bond acceptors (Lipinski definition) is 3. The molecule has 6 nitrogen and oxygen atoms in total. The SMILES string of the molecule is Cc1[nH]cnc1-c1ccc(NS(=O)(=O)N(C)C)cc1. The molecular formula is C12H16N4O2S. The molecule has 0 saturated heterocycles. The number of imidazole rings is 1. The van der Waals surface area contributed by atoms with Gasteiger partial charge >= 0.3 is 10.2 Å². The Hall–Kier alpha value is -1.86. The van der Waals surface area contributed by atoms with Crippen molar-refractivity contribution in [3.8, 4) is 11.3 Å². The van der Waals surface area contributed by atoms with E-state index in [1.54, 1.807) is 18.5 Å². The van der Waals surface area contributed by atoms with Crippen LogP contribution < -0.4 is 4.72 Å². The van der Waals surface area contributed by atoms with E-state index in [0.717, 1.165) is 21.3 Å². The van der Waals surface area contributed by atoms with Crippen LogP contribution in [0.15, 0.2) is 30.6 Å². The Bertz CT molecular complexity index is 659. The van der Waals surface area contributed by atoms with Gasteiger partial charge in [0.1, 0.15) is 0 Å². The minimum Gasteiger partial charge on any atom is -0.348 e. The summed E-state index contributed by atoms with van der Waals surface area (Å²) in [5, 5.41) is 0. The first-order valence-corrected chi connectivity index (χ1v) is 7.15. The highest BCUT2D eigenvalue weighted by molar-refractivity contribution is 7.90. The largest absolute Gasteiger partial charge is 0.348 e. The Morgan fingerprint density at radius 2 is 1.84 bits per heavy atom. The minimum absolute atomic E-state index is 0.519. The average molecular weight is 280 g/mol. The number of aromatic nitrogens is 2. The van der Waals surface area contributed by atoms with Gasteiger partial charge in [-0.2, -0.15) is 12.7 Å². The Kier molecular flexibility index (Phi) is 3.59. The molecule has 102 valence electrons. The van der Waals surface area contributed by atoms with E-state index >= 15 is 0 Å². The van der Waals surface area contributed by atoms with Gasteiger partial charge in [0.25, 0.3) is 0 Å². The number of nitrogens with zero attached hydrogens (tertiary/aromatic N) is 2. The van der Waals surface area contributed by atoms with Gasteiger partial charge in [0, 0.05) is 31.0 Å². The second-order valence-corrected chi connectivity index (χ2v) is 6.23. The summed E-state index contributed by atoms with van der Waals surface area (Å²) in [6.07, 6.45) is 1.63. The van der Waals surface area contributed by atoms with Crippen molar-refractivity contribution >= 4 is 15.9 Å². The Morgan fingerprint density at radius 3 is 2.32 bits per heavy atom. The molecule has 0 atom stereocenters. The number of nitrogens with one attached hydrogen (secondary N) is 2. The van der Waals surface area contributed by atoms with E-state index in [0.29, 0.717) is 5.69 Å². The van der Waals surface area contributed by atoms with Crippen LogP contribution in [-0.2, 0) is 10.2 Å². The fourth-order valence-corrected chi connectivity index (χ4v) is 2.20. The van der Waals surface area contributed by atoms with E-state index in [4.69, 9.17) is 0 Å². The van der Waals surface area contributed by atoms with Gasteiger partial charge in [0.15, 0.2) is 0 Å². The fourth-order valence-electron chi connectivity index (χ4n) is 1.59. The fraction of sp³-hybridized carbons (Fsp3) is 0.250. The maximum atomic E-state index is 11.7. The van der Waals surface area contributed by atoms with Crippen molar-refractivity contribution < 1.29 is 8.42 Å². The summed E-state index contributed by atoms with van der Waals surface area (Å²) in [5.74, 6) is 0. The van der Waals surface area contributed by atoms with Crippen LogP contribution in [0, 0.1) is 6.92 Å². The maximum Gasteiger partial charge on any atom is 0.301 e. The molecule has 0 bridgehead atoms. The van der Waals surface area contributed by atoms with Gasteiger partial charge in [-0.25, -0.2) is 4.98 Å². The standard InChI is InChI=1S/C12H16N4O2S/c1-9-12(14-8-13-9)10-4-6-11(7-5-10)15-19(17,18)16(2)3/h4-8,15H,1-3H3,(H,13,14). The van der Waals surface area contributed by atoms with Crippen LogP contribution in [-0.4, -0.2) is 36.8 Å². The van der Waals surface area contributed by atoms with E-state index in [9.17, 15) is 8.42 Å². The van der Waals surface area contributed by atoms with Gasteiger partial charge in [0.2, 0.25) is 0 Å². The highest BCUT2D eigenvalue weighted by Crippen LogP contribution is 2.22. The molecule has 7 heteroatoms. The Morgan fingerprint density at radius 1 is 1.21 bits per heavy atom. The van der Waals surface area contributed by atoms with E-state index in [1.165, 1.54) is 14.1 Å². The third-order valence-electron chi connectivity index (χ3n) is 2.72. The quantitative estimate of drug-likeness (QED) is 0.893. The van der Waals surface area contributed by atoms with Gasteiger partial charge in [-0.05, 0) is 19.1 Å². The maximum absolute atomic E-state index is 11.7. The van der Waals surface area contributed by atoms with E-state index in [2.05, 4.69) is 14.7 Å². The van der Waals surface area contributed by atoms with E-state index in [1.807, 2.05) is 19.1 Å². The monoisotopic (exact) mass is 280 g/mol. The number of anilines is 1. The first-order chi connectivity index (χ1) is 8.90. The Balaban J connectivity index is 2.23. The molecule has 1 heterocycles. The molecule has 0 spiro atoms. The van der Waals surface area contributed by atoms with Crippen molar-refractivity contribution in [1.29, 1.82) is 0 Å². The molecule has 0 fully saturated rings. The summed E-state index contributed by atoms with van der Waals surface area (Å²) < 4.78 is 26.9. The number of aryl methyl sites for hydroxylation is 1. The van der Waals surface area contributed by atoms with Gasteiger partial charge < -0.3 is 4.98 Å². The second-order valence-electron chi connectivity index (χ2n) is 4.34. The van der Waals surface area contributed by atoms with Crippen LogP contribution in [0.4, 0.5) is 5.69 Å². The molecule has 2 aromatic rings. The van der Waals surface area contributed by atoms with Crippen molar-refractivity contribution in [2.75, 3.05) is 18.8 Å². The first kappa shape index (κ1) is 13.6. The molecule has 2 rings (SSSR count). The zero-order valence-corrected chi connectivity index (χ0v) is 11.8. The molecule has 1 aromatic carbocycles. The molecule has 0 aliphatic carbocycles. The van der Waals surface area contributed by atoms with Crippen LogP contribution in [0.2, 0.25) is 0 Å². The third-order valence-corrected chi connectivity index (χ3v) is 4.17. The van der Waals surface area contributed by atoms with Crippen LogP contribution in [0.25, 0.3) is 11.3 Å². The predicted molar refractivity (Wildman–Crippen MR) is 75.0 cm³/mol. The zero-order valence-electron chi connectivity index (χ0n) is 11.0.